The number of aromatic nitrogens is 2. The van der Waals surface area contributed by atoms with Crippen molar-refractivity contribution in [3.05, 3.63) is 11.4 Å². The minimum atomic E-state index is -1.04. The van der Waals surface area contributed by atoms with Crippen LogP contribution in [0.25, 0.3) is 0 Å². The van der Waals surface area contributed by atoms with E-state index in [0.717, 1.165) is 18.5 Å². The van der Waals surface area contributed by atoms with Crippen LogP contribution in [0.15, 0.2) is 0 Å². The monoisotopic (exact) mass is 268 g/mol. The Morgan fingerprint density at radius 2 is 2.16 bits per heavy atom. The molecule has 0 unspecified atom stereocenters. The van der Waals surface area contributed by atoms with E-state index in [1.54, 1.807) is 6.92 Å². The number of anilines is 1. The Morgan fingerprint density at radius 1 is 1.53 bits per heavy atom. The number of aromatic amines is 1. The Labute approximate surface area is 111 Å². The summed E-state index contributed by atoms with van der Waals surface area (Å²) in [5, 5.41) is 28.0. The molecule has 1 fully saturated rings. The Hall–Kier alpha value is -1.60. The molecule has 2 rings (SSSR count). The average molecular weight is 268 g/mol. The number of H-pyrrole nitrogens is 1. The van der Waals surface area contributed by atoms with Gasteiger partial charge in [-0.2, -0.15) is 5.10 Å². The van der Waals surface area contributed by atoms with E-state index in [2.05, 4.69) is 15.5 Å². The minimum Gasteiger partial charge on any atom is -0.395 e. The van der Waals surface area contributed by atoms with E-state index in [9.17, 15) is 15.0 Å². The van der Waals surface area contributed by atoms with Crippen molar-refractivity contribution < 1.29 is 15.0 Å². The highest BCUT2D eigenvalue weighted by molar-refractivity contribution is 5.98. The molecular formula is C12H20N4O3. The second-order valence-electron chi connectivity index (χ2n) is 5.08. The maximum absolute atomic E-state index is 12.1. The van der Waals surface area contributed by atoms with Crippen LogP contribution in [0.2, 0.25) is 0 Å². The zero-order valence-corrected chi connectivity index (χ0v) is 10.9. The van der Waals surface area contributed by atoms with Crippen LogP contribution in [0.3, 0.4) is 0 Å². The van der Waals surface area contributed by atoms with Gasteiger partial charge in [0.1, 0.15) is 0 Å². The van der Waals surface area contributed by atoms with Crippen molar-refractivity contribution >= 4 is 11.6 Å². The molecule has 19 heavy (non-hydrogen) atoms. The molecule has 7 heteroatoms. The topological polar surface area (TPSA) is 124 Å². The van der Waals surface area contributed by atoms with E-state index >= 15 is 0 Å². The maximum atomic E-state index is 12.1. The molecule has 1 heterocycles. The van der Waals surface area contributed by atoms with Crippen molar-refractivity contribution in [1.82, 2.24) is 15.5 Å². The van der Waals surface area contributed by atoms with E-state index in [-0.39, 0.29) is 18.9 Å². The molecule has 1 aromatic rings. The quantitative estimate of drug-likeness (QED) is 0.486. The highest BCUT2D eigenvalue weighted by atomic mass is 16.3. The van der Waals surface area contributed by atoms with Gasteiger partial charge in [-0.3, -0.25) is 9.89 Å². The molecule has 1 aliphatic rings. The first-order valence-electron chi connectivity index (χ1n) is 6.45. The highest BCUT2D eigenvalue weighted by Crippen LogP contribution is 2.42. The SMILES string of the molecule is CCC(CO)(CO)NC(=O)c1n[nH]c(C2CC2)c1N. The summed E-state index contributed by atoms with van der Waals surface area (Å²) in [6.45, 7) is 1.09. The normalized spacial score (nSPS) is 15.5. The standard InChI is InChI=1S/C12H20N4O3/c1-2-12(5-17,6-18)14-11(19)10-8(13)9(15-16-10)7-3-4-7/h7,17-18H,2-6,13H2,1H3,(H,14,19)(H,15,16). The Balaban J connectivity index is 2.15. The first-order chi connectivity index (χ1) is 9.06. The second-order valence-corrected chi connectivity index (χ2v) is 5.08. The van der Waals surface area contributed by atoms with Crippen LogP contribution in [-0.2, 0) is 0 Å². The Kier molecular flexibility index (Phi) is 3.77. The molecule has 6 N–H and O–H groups in total. The first-order valence-corrected chi connectivity index (χ1v) is 6.45. The summed E-state index contributed by atoms with van der Waals surface area (Å²) in [5.41, 5.74) is 6.16. The number of nitrogen functional groups attached to an aromatic ring is 1. The fraction of sp³-hybridized carbons (Fsp3) is 0.667. The van der Waals surface area contributed by atoms with Gasteiger partial charge in [0.2, 0.25) is 0 Å². The smallest absolute Gasteiger partial charge is 0.274 e. The maximum Gasteiger partial charge on any atom is 0.274 e. The third-order valence-electron chi connectivity index (χ3n) is 3.69. The summed E-state index contributed by atoms with van der Waals surface area (Å²) >= 11 is 0. The van der Waals surface area contributed by atoms with Gasteiger partial charge in [-0.1, -0.05) is 6.92 Å². The summed E-state index contributed by atoms with van der Waals surface area (Å²) in [4.78, 5) is 12.1. The molecule has 1 aromatic heterocycles. The van der Waals surface area contributed by atoms with E-state index in [0.29, 0.717) is 18.0 Å². The van der Waals surface area contributed by atoms with Crippen LogP contribution >= 0.6 is 0 Å². The number of aliphatic hydroxyl groups excluding tert-OH is 2. The van der Waals surface area contributed by atoms with Crippen LogP contribution in [-0.4, -0.2) is 45.1 Å². The van der Waals surface area contributed by atoms with Gasteiger partial charge >= 0.3 is 0 Å². The lowest BCUT2D eigenvalue weighted by molar-refractivity contribution is 0.0649. The number of rotatable bonds is 6. The number of carbonyl (C=O) groups excluding carboxylic acids is 1. The molecule has 106 valence electrons. The summed E-state index contributed by atoms with van der Waals surface area (Å²) in [6, 6.07) is 0. The molecule has 0 aromatic carbocycles. The number of nitrogens with two attached hydrogens (primary N) is 1. The number of aliphatic hydroxyl groups is 2. The molecule has 0 saturated heterocycles. The molecule has 0 atom stereocenters. The van der Waals surface area contributed by atoms with E-state index in [1.165, 1.54) is 0 Å². The van der Waals surface area contributed by atoms with Gasteiger partial charge in [0.15, 0.2) is 5.69 Å². The molecular weight excluding hydrogens is 248 g/mol. The van der Waals surface area contributed by atoms with Crippen molar-refractivity contribution in [1.29, 1.82) is 0 Å². The van der Waals surface area contributed by atoms with Gasteiger partial charge in [0.05, 0.1) is 30.1 Å². The molecule has 0 bridgehead atoms. The van der Waals surface area contributed by atoms with Gasteiger partial charge in [-0.05, 0) is 19.3 Å². The Morgan fingerprint density at radius 3 is 2.63 bits per heavy atom. The highest BCUT2D eigenvalue weighted by Gasteiger charge is 2.33. The molecule has 7 nitrogen and oxygen atoms in total. The van der Waals surface area contributed by atoms with E-state index < -0.39 is 11.4 Å². The minimum absolute atomic E-state index is 0.127. The lowest BCUT2D eigenvalue weighted by atomic mass is 9.98. The first kappa shape index (κ1) is 13.8. The fourth-order valence-corrected chi connectivity index (χ4v) is 1.96. The van der Waals surface area contributed by atoms with E-state index in [4.69, 9.17) is 5.73 Å². The van der Waals surface area contributed by atoms with Crippen molar-refractivity contribution in [2.24, 2.45) is 0 Å². The predicted molar refractivity (Wildman–Crippen MR) is 69.6 cm³/mol. The summed E-state index contributed by atoms with van der Waals surface area (Å²) in [7, 11) is 0. The number of nitrogens with one attached hydrogen (secondary N) is 2. The molecule has 1 aliphatic carbocycles. The van der Waals surface area contributed by atoms with Crippen LogP contribution in [0.4, 0.5) is 5.69 Å². The van der Waals surface area contributed by atoms with Crippen LogP contribution in [0.1, 0.15) is 48.3 Å². The molecule has 1 saturated carbocycles. The number of nitrogens with zero attached hydrogens (tertiary/aromatic N) is 1. The number of carbonyl (C=O) groups is 1. The number of amides is 1. The van der Waals surface area contributed by atoms with Crippen LogP contribution in [0, 0.1) is 0 Å². The van der Waals surface area contributed by atoms with Gasteiger partial charge in [-0.15, -0.1) is 0 Å². The average Bonchev–Trinajstić information content (AvgIpc) is 3.19. The number of hydrogen-bond donors (Lipinski definition) is 5. The van der Waals surface area contributed by atoms with Crippen molar-refractivity contribution in [2.45, 2.75) is 37.6 Å². The largest absolute Gasteiger partial charge is 0.395 e. The van der Waals surface area contributed by atoms with E-state index in [1.807, 2.05) is 0 Å². The van der Waals surface area contributed by atoms with Crippen molar-refractivity contribution in [2.75, 3.05) is 18.9 Å². The molecule has 1 amide bonds. The summed E-state index contributed by atoms with van der Waals surface area (Å²) in [5.74, 6) is -0.105. The zero-order valence-electron chi connectivity index (χ0n) is 10.9. The molecule has 0 spiro atoms. The number of hydrogen-bond acceptors (Lipinski definition) is 5. The van der Waals surface area contributed by atoms with Crippen molar-refractivity contribution in [3.8, 4) is 0 Å². The fourth-order valence-electron chi connectivity index (χ4n) is 1.96. The van der Waals surface area contributed by atoms with Crippen LogP contribution in [0.5, 0.6) is 0 Å². The van der Waals surface area contributed by atoms with Gasteiger partial charge in [0, 0.05) is 5.92 Å². The summed E-state index contributed by atoms with van der Waals surface area (Å²) in [6.07, 6.45) is 2.52. The van der Waals surface area contributed by atoms with Crippen molar-refractivity contribution in [3.63, 3.8) is 0 Å². The van der Waals surface area contributed by atoms with Gasteiger partial charge in [-0.25, -0.2) is 0 Å². The lowest BCUT2D eigenvalue weighted by Crippen LogP contribution is -2.54. The third-order valence-corrected chi connectivity index (χ3v) is 3.69. The Bertz CT molecular complexity index is 455. The molecule has 0 radical (unpaired) electrons. The zero-order chi connectivity index (χ0) is 14.0. The second kappa shape index (κ2) is 5.18. The predicted octanol–water partition coefficient (Wildman–Crippen LogP) is -0.267. The van der Waals surface area contributed by atoms with Gasteiger partial charge in [0.25, 0.3) is 5.91 Å². The third kappa shape index (κ3) is 2.57. The lowest BCUT2D eigenvalue weighted by Gasteiger charge is -2.29. The van der Waals surface area contributed by atoms with Gasteiger partial charge < -0.3 is 21.3 Å². The summed E-state index contributed by atoms with van der Waals surface area (Å²) < 4.78 is 0. The van der Waals surface area contributed by atoms with Crippen LogP contribution < -0.4 is 11.1 Å². The molecule has 0 aliphatic heterocycles.